The van der Waals surface area contributed by atoms with E-state index in [0.29, 0.717) is 18.9 Å². The van der Waals surface area contributed by atoms with Crippen LogP contribution in [-0.4, -0.2) is 25.0 Å². The average molecular weight is 329 g/mol. The predicted molar refractivity (Wildman–Crippen MR) is 94.1 cm³/mol. The molecule has 1 aliphatic heterocycles. The van der Waals surface area contributed by atoms with Crippen LogP contribution in [0, 0.1) is 5.92 Å². The Balaban J connectivity index is 2.21. The Morgan fingerprint density at radius 3 is 2.79 bits per heavy atom. The lowest BCUT2D eigenvalue weighted by Gasteiger charge is -2.28. The van der Waals surface area contributed by atoms with Crippen LogP contribution in [0.3, 0.4) is 0 Å². The molecule has 0 aromatic heterocycles. The molecular weight excluding hydrogens is 306 g/mol. The van der Waals surface area contributed by atoms with Crippen molar-refractivity contribution in [3.63, 3.8) is 0 Å². The van der Waals surface area contributed by atoms with Crippen molar-refractivity contribution in [2.45, 2.75) is 19.8 Å². The zero-order valence-corrected chi connectivity index (χ0v) is 13.9. The maximum atomic E-state index is 12.2. The fraction of sp³-hybridized carbons (Fsp3) is 0.333. The summed E-state index contributed by atoms with van der Waals surface area (Å²) in [6.07, 6.45) is 4.78. The summed E-state index contributed by atoms with van der Waals surface area (Å²) < 4.78 is 11.0. The van der Waals surface area contributed by atoms with E-state index in [0.717, 1.165) is 12.1 Å². The number of nitrogens with zero attached hydrogens (tertiary/aromatic N) is 2. The molecule has 6 heteroatoms. The third kappa shape index (κ3) is 4.38. The van der Waals surface area contributed by atoms with E-state index in [2.05, 4.69) is 11.7 Å². The number of hydrogen-bond donors (Lipinski definition) is 1. The highest BCUT2D eigenvalue weighted by atomic mass is 16.5. The molecule has 2 rings (SSSR count). The van der Waals surface area contributed by atoms with Crippen molar-refractivity contribution in [2.75, 3.05) is 18.2 Å². The minimum Gasteiger partial charge on any atom is -0.478 e. The van der Waals surface area contributed by atoms with Crippen molar-refractivity contribution in [3.05, 3.63) is 54.9 Å². The highest BCUT2D eigenvalue weighted by Gasteiger charge is 2.30. The van der Waals surface area contributed by atoms with E-state index in [1.165, 1.54) is 0 Å². The van der Waals surface area contributed by atoms with Gasteiger partial charge >= 0.3 is 5.97 Å². The molecule has 0 fully saturated rings. The first-order valence-electron chi connectivity index (χ1n) is 7.98. The Kier molecular flexibility index (Phi) is 6.42. The lowest BCUT2D eigenvalue weighted by atomic mass is 10.1. The zero-order chi connectivity index (χ0) is 17.4. The molecule has 0 saturated carbocycles. The quantitative estimate of drug-likeness (QED) is 0.451. The first-order valence-corrected chi connectivity index (χ1v) is 7.98. The lowest BCUT2D eigenvalue weighted by Crippen LogP contribution is -2.38. The van der Waals surface area contributed by atoms with E-state index in [4.69, 9.17) is 15.2 Å². The molecule has 0 radical (unpaired) electrons. The van der Waals surface area contributed by atoms with E-state index in [9.17, 15) is 4.79 Å². The van der Waals surface area contributed by atoms with Gasteiger partial charge in [-0.1, -0.05) is 31.2 Å². The molecule has 1 aliphatic rings. The predicted octanol–water partition coefficient (Wildman–Crippen LogP) is 2.78. The Morgan fingerprint density at radius 1 is 1.38 bits per heavy atom. The second-order valence-corrected chi connectivity index (χ2v) is 5.25. The van der Waals surface area contributed by atoms with Crippen molar-refractivity contribution in [1.29, 1.82) is 0 Å². The number of nitrogens with two attached hydrogens (primary N) is 1. The van der Waals surface area contributed by atoms with Gasteiger partial charge in [-0.3, -0.25) is 4.79 Å². The van der Waals surface area contributed by atoms with E-state index in [-0.39, 0.29) is 12.4 Å². The number of para-hydroxylation sites is 1. The van der Waals surface area contributed by atoms with Crippen LogP contribution in [0.25, 0.3) is 0 Å². The van der Waals surface area contributed by atoms with Gasteiger partial charge in [0.15, 0.2) is 0 Å². The summed E-state index contributed by atoms with van der Waals surface area (Å²) in [6, 6.07) is 9.49. The van der Waals surface area contributed by atoms with Gasteiger partial charge < -0.3 is 15.2 Å². The summed E-state index contributed by atoms with van der Waals surface area (Å²) in [5.41, 5.74) is 6.80. The Hall–Kier alpha value is -2.76. The number of esters is 1. The molecule has 24 heavy (non-hydrogen) atoms. The van der Waals surface area contributed by atoms with Gasteiger partial charge in [0, 0.05) is 0 Å². The van der Waals surface area contributed by atoms with Gasteiger partial charge in [0.2, 0.25) is 5.88 Å². The maximum Gasteiger partial charge on any atom is 0.320 e. The smallest absolute Gasteiger partial charge is 0.320 e. The molecule has 2 N–H and O–H groups in total. The van der Waals surface area contributed by atoms with Gasteiger partial charge in [-0.15, -0.1) is 6.58 Å². The molecule has 1 heterocycles. The lowest BCUT2D eigenvalue weighted by molar-refractivity contribution is -0.144. The van der Waals surface area contributed by atoms with Crippen molar-refractivity contribution >= 4 is 17.5 Å². The molecule has 0 amide bonds. The van der Waals surface area contributed by atoms with E-state index < -0.39 is 11.9 Å². The third-order valence-electron chi connectivity index (χ3n) is 3.33. The minimum absolute atomic E-state index is 0.173. The molecule has 1 atom stereocenters. The number of hydrogen-bond acceptors (Lipinski definition) is 6. The summed E-state index contributed by atoms with van der Waals surface area (Å²) in [4.78, 5) is 12.2. The van der Waals surface area contributed by atoms with Crippen LogP contribution in [-0.2, 0) is 14.3 Å². The summed E-state index contributed by atoms with van der Waals surface area (Å²) in [5.74, 6) is -0.542. The van der Waals surface area contributed by atoms with E-state index in [1.807, 2.05) is 37.3 Å². The van der Waals surface area contributed by atoms with Gasteiger partial charge in [-0.25, -0.2) is 0 Å². The normalized spacial score (nSPS) is 16.9. The third-order valence-corrected chi connectivity index (χ3v) is 3.33. The van der Waals surface area contributed by atoms with Crippen molar-refractivity contribution in [3.8, 4) is 0 Å². The SMILES string of the molecule is C=CCCOC(=O)C1C=C(OCCC)N(c2ccccc2)N=C1N. The van der Waals surface area contributed by atoms with Gasteiger partial charge in [-0.2, -0.15) is 10.1 Å². The minimum atomic E-state index is -0.748. The van der Waals surface area contributed by atoms with Gasteiger partial charge in [0.1, 0.15) is 11.8 Å². The molecule has 1 aromatic rings. The van der Waals surface area contributed by atoms with Crippen LogP contribution in [0.2, 0.25) is 0 Å². The van der Waals surface area contributed by atoms with Crippen LogP contribution in [0.1, 0.15) is 19.8 Å². The maximum absolute atomic E-state index is 12.2. The average Bonchev–Trinajstić information content (AvgIpc) is 2.61. The first kappa shape index (κ1) is 17.6. The molecule has 0 spiro atoms. The summed E-state index contributed by atoms with van der Waals surface area (Å²) >= 11 is 0. The highest BCUT2D eigenvalue weighted by molar-refractivity contribution is 6.03. The Bertz CT molecular complexity index is 626. The van der Waals surface area contributed by atoms with Crippen LogP contribution < -0.4 is 10.7 Å². The number of benzene rings is 1. The Labute approximate surface area is 142 Å². The van der Waals surface area contributed by atoms with Crippen molar-refractivity contribution in [1.82, 2.24) is 0 Å². The largest absolute Gasteiger partial charge is 0.478 e. The molecule has 1 unspecified atom stereocenters. The molecule has 128 valence electrons. The number of carbonyl (C=O) groups excluding carboxylic acids is 1. The van der Waals surface area contributed by atoms with Crippen LogP contribution in [0.5, 0.6) is 0 Å². The second kappa shape index (κ2) is 8.76. The van der Waals surface area contributed by atoms with Crippen LogP contribution >= 0.6 is 0 Å². The fourth-order valence-corrected chi connectivity index (χ4v) is 2.12. The summed E-state index contributed by atoms with van der Waals surface area (Å²) in [6.45, 7) is 6.39. The van der Waals surface area contributed by atoms with Gasteiger partial charge in [-0.05, 0) is 31.1 Å². The Morgan fingerprint density at radius 2 is 2.12 bits per heavy atom. The number of anilines is 1. The highest BCUT2D eigenvalue weighted by Crippen LogP contribution is 2.26. The number of carbonyl (C=O) groups is 1. The molecule has 6 nitrogen and oxygen atoms in total. The van der Waals surface area contributed by atoms with Crippen molar-refractivity contribution < 1.29 is 14.3 Å². The topological polar surface area (TPSA) is 77.2 Å². The van der Waals surface area contributed by atoms with Gasteiger partial charge in [0.25, 0.3) is 0 Å². The molecular formula is C18H23N3O3. The summed E-state index contributed by atoms with van der Waals surface area (Å²) in [7, 11) is 0. The number of hydrazone groups is 1. The number of amidine groups is 1. The molecule has 0 saturated heterocycles. The monoisotopic (exact) mass is 329 g/mol. The molecule has 0 bridgehead atoms. The zero-order valence-electron chi connectivity index (χ0n) is 13.9. The fourth-order valence-electron chi connectivity index (χ4n) is 2.12. The standard InChI is InChI=1S/C18H23N3O3/c1-3-5-12-24-18(22)15-13-16(23-11-4-2)21(20-17(15)19)14-9-7-6-8-10-14/h3,6-10,13,15H,1,4-5,11-12H2,2H3,(H2,19,20). The van der Waals surface area contributed by atoms with Crippen molar-refractivity contribution in [2.24, 2.45) is 16.8 Å². The number of rotatable bonds is 8. The van der Waals surface area contributed by atoms with Gasteiger partial charge in [0.05, 0.1) is 18.9 Å². The van der Waals surface area contributed by atoms with E-state index in [1.54, 1.807) is 17.2 Å². The van der Waals surface area contributed by atoms with Crippen LogP contribution in [0.15, 0.2) is 60.0 Å². The number of ether oxygens (including phenoxy) is 2. The van der Waals surface area contributed by atoms with E-state index >= 15 is 0 Å². The molecule has 1 aromatic carbocycles. The first-order chi connectivity index (χ1) is 11.7. The second-order valence-electron chi connectivity index (χ2n) is 5.25. The molecule has 0 aliphatic carbocycles. The van der Waals surface area contributed by atoms with Crippen LogP contribution in [0.4, 0.5) is 5.69 Å². The summed E-state index contributed by atoms with van der Waals surface area (Å²) in [5, 5.41) is 5.93.